The molecule has 2 aliphatic rings. The average molecular weight is 362 g/mol. The predicted octanol–water partition coefficient (Wildman–Crippen LogP) is 2.62. The third-order valence-electron chi connectivity index (χ3n) is 5.25. The van der Waals surface area contributed by atoms with Crippen molar-refractivity contribution in [3.63, 3.8) is 0 Å². The van der Waals surface area contributed by atoms with Crippen molar-refractivity contribution in [3.05, 3.63) is 43.8 Å². The summed E-state index contributed by atoms with van der Waals surface area (Å²) in [7, 11) is 0. The van der Waals surface area contributed by atoms with Crippen LogP contribution >= 0.6 is 22.7 Å². The van der Waals surface area contributed by atoms with Crippen molar-refractivity contribution in [2.75, 3.05) is 26.2 Å². The first-order valence-corrected chi connectivity index (χ1v) is 10.8. The molecule has 1 N–H and O–H groups in total. The maximum Gasteiger partial charge on any atom is 0.264 e. The SMILES string of the molecule is O=C(c1cc2c(s1)CCCCC2)N1CC[NH+](Cc2ccsc2)CC1. The van der Waals surface area contributed by atoms with Crippen LogP contribution < -0.4 is 4.90 Å². The third kappa shape index (κ3) is 3.58. The van der Waals surface area contributed by atoms with E-state index in [-0.39, 0.29) is 5.91 Å². The van der Waals surface area contributed by atoms with Crippen molar-refractivity contribution in [1.29, 1.82) is 0 Å². The minimum Gasteiger partial charge on any atom is -0.328 e. The maximum atomic E-state index is 12.9. The number of thiophene rings is 2. The van der Waals surface area contributed by atoms with Gasteiger partial charge in [0, 0.05) is 10.4 Å². The van der Waals surface area contributed by atoms with Gasteiger partial charge >= 0.3 is 0 Å². The highest BCUT2D eigenvalue weighted by atomic mass is 32.1. The highest BCUT2D eigenvalue weighted by molar-refractivity contribution is 7.14. The predicted molar refractivity (Wildman–Crippen MR) is 100 cm³/mol. The quantitative estimate of drug-likeness (QED) is 0.835. The molecule has 0 radical (unpaired) electrons. The Morgan fingerprint density at radius 3 is 2.79 bits per heavy atom. The number of nitrogens with zero attached hydrogens (tertiary/aromatic N) is 1. The number of amides is 1. The van der Waals surface area contributed by atoms with E-state index in [9.17, 15) is 4.79 Å². The molecule has 1 fully saturated rings. The zero-order valence-electron chi connectivity index (χ0n) is 14.1. The first-order chi connectivity index (χ1) is 11.8. The highest BCUT2D eigenvalue weighted by Gasteiger charge is 2.26. The van der Waals surface area contributed by atoms with E-state index in [1.165, 1.54) is 41.7 Å². The number of carbonyl (C=O) groups excluding carboxylic acids is 1. The summed E-state index contributed by atoms with van der Waals surface area (Å²) in [5.41, 5.74) is 2.87. The van der Waals surface area contributed by atoms with Crippen molar-refractivity contribution in [3.8, 4) is 0 Å². The third-order valence-corrected chi connectivity index (χ3v) is 7.21. The second-order valence-electron chi connectivity index (χ2n) is 6.97. The molecule has 3 nitrogen and oxygen atoms in total. The molecule has 1 saturated heterocycles. The van der Waals surface area contributed by atoms with Crippen LogP contribution in [0.3, 0.4) is 0 Å². The topological polar surface area (TPSA) is 24.8 Å². The van der Waals surface area contributed by atoms with Gasteiger partial charge in [-0.2, -0.15) is 11.3 Å². The van der Waals surface area contributed by atoms with Gasteiger partial charge in [0.15, 0.2) is 0 Å². The first kappa shape index (κ1) is 16.3. The van der Waals surface area contributed by atoms with Gasteiger partial charge in [0.2, 0.25) is 0 Å². The number of piperazine rings is 1. The van der Waals surface area contributed by atoms with E-state index in [2.05, 4.69) is 27.8 Å². The number of hydrogen-bond donors (Lipinski definition) is 1. The van der Waals surface area contributed by atoms with Crippen LogP contribution in [0.2, 0.25) is 0 Å². The summed E-state index contributed by atoms with van der Waals surface area (Å²) in [6, 6.07) is 4.41. The number of rotatable bonds is 3. The smallest absolute Gasteiger partial charge is 0.264 e. The first-order valence-electron chi connectivity index (χ1n) is 9.05. The molecule has 5 heteroatoms. The summed E-state index contributed by atoms with van der Waals surface area (Å²) < 4.78 is 0. The van der Waals surface area contributed by atoms with Gasteiger partial charge < -0.3 is 9.80 Å². The molecule has 24 heavy (non-hydrogen) atoms. The fourth-order valence-corrected chi connectivity index (χ4v) is 5.70. The molecule has 0 spiro atoms. The van der Waals surface area contributed by atoms with E-state index >= 15 is 0 Å². The Balaban J connectivity index is 1.36. The van der Waals surface area contributed by atoms with Gasteiger partial charge in [0.1, 0.15) is 6.54 Å². The van der Waals surface area contributed by atoms with Gasteiger partial charge in [-0.1, -0.05) is 6.42 Å². The van der Waals surface area contributed by atoms with E-state index in [1.807, 2.05) is 0 Å². The van der Waals surface area contributed by atoms with Crippen molar-refractivity contribution in [2.45, 2.75) is 38.6 Å². The number of nitrogens with one attached hydrogen (secondary N) is 1. The van der Waals surface area contributed by atoms with Crippen LogP contribution in [-0.2, 0) is 19.4 Å². The lowest BCUT2D eigenvalue weighted by atomic mass is 10.1. The number of carbonyl (C=O) groups is 1. The van der Waals surface area contributed by atoms with Gasteiger partial charge in [0.05, 0.1) is 31.1 Å². The van der Waals surface area contributed by atoms with Crippen LogP contribution in [0.4, 0.5) is 0 Å². The molecule has 0 aromatic carbocycles. The average Bonchev–Trinajstić information content (AvgIpc) is 3.20. The Labute approximate surface area is 151 Å². The van der Waals surface area contributed by atoms with E-state index in [1.54, 1.807) is 27.6 Å². The molecule has 1 aliphatic heterocycles. The van der Waals surface area contributed by atoms with Gasteiger partial charge in [-0.3, -0.25) is 4.79 Å². The van der Waals surface area contributed by atoms with Crippen molar-refractivity contribution in [1.82, 2.24) is 4.90 Å². The van der Waals surface area contributed by atoms with Crippen LogP contribution in [-0.4, -0.2) is 37.0 Å². The Kier molecular flexibility index (Phi) is 5.01. The van der Waals surface area contributed by atoms with Crippen LogP contribution in [0.25, 0.3) is 0 Å². The molecule has 128 valence electrons. The second kappa shape index (κ2) is 7.38. The molecule has 2 aromatic heterocycles. The van der Waals surface area contributed by atoms with Gasteiger partial charge in [-0.25, -0.2) is 0 Å². The van der Waals surface area contributed by atoms with Crippen molar-refractivity contribution >= 4 is 28.6 Å². The lowest BCUT2D eigenvalue weighted by Gasteiger charge is -2.31. The molecule has 2 aromatic rings. The largest absolute Gasteiger partial charge is 0.328 e. The van der Waals surface area contributed by atoms with E-state index in [0.29, 0.717) is 0 Å². The summed E-state index contributed by atoms with van der Waals surface area (Å²) >= 11 is 3.53. The standard InChI is InChI=1S/C19H24N2OS2/c22-19(18-12-16-4-2-1-3-5-17(16)24-18)21-9-7-20(8-10-21)13-15-6-11-23-14-15/h6,11-12,14H,1-5,7-10,13H2/p+1. The summed E-state index contributed by atoms with van der Waals surface area (Å²) in [5.74, 6) is 0.266. The zero-order chi connectivity index (χ0) is 16.4. The summed E-state index contributed by atoms with van der Waals surface area (Å²) in [5, 5.41) is 4.39. The summed E-state index contributed by atoms with van der Waals surface area (Å²) in [6.07, 6.45) is 6.23. The lowest BCUT2D eigenvalue weighted by Crippen LogP contribution is -3.13. The fraction of sp³-hybridized carbons (Fsp3) is 0.526. The van der Waals surface area contributed by atoms with Crippen molar-refractivity contribution < 1.29 is 9.69 Å². The van der Waals surface area contributed by atoms with Crippen LogP contribution in [0.1, 0.15) is 44.9 Å². The molecule has 0 saturated carbocycles. The molecule has 3 heterocycles. The Morgan fingerprint density at radius 2 is 2.00 bits per heavy atom. The van der Waals surface area contributed by atoms with Crippen molar-refractivity contribution in [2.24, 2.45) is 0 Å². The minimum absolute atomic E-state index is 0.266. The molecule has 0 atom stereocenters. The van der Waals surface area contributed by atoms with Gasteiger partial charge in [-0.05, 0) is 54.1 Å². The zero-order valence-corrected chi connectivity index (χ0v) is 15.7. The number of aryl methyl sites for hydroxylation is 2. The lowest BCUT2D eigenvalue weighted by molar-refractivity contribution is -0.917. The summed E-state index contributed by atoms with van der Waals surface area (Å²) in [4.78, 5) is 19.0. The van der Waals surface area contributed by atoms with Crippen LogP contribution in [0.5, 0.6) is 0 Å². The highest BCUT2D eigenvalue weighted by Crippen LogP contribution is 2.29. The van der Waals surface area contributed by atoms with E-state index in [0.717, 1.165) is 44.0 Å². The molecule has 0 bridgehead atoms. The van der Waals surface area contributed by atoms with E-state index < -0.39 is 0 Å². The van der Waals surface area contributed by atoms with Gasteiger partial charge in [0.25, 0.3) is 5.91 Å². The second-order valence-corrected chi connectivity index (χ2v) is 8.89. The molecular formula is C19H25N2OS2+. The molecule has 1 aliphatic carbocycles. The van der Waals surface area contributed by atoms with Crippen LogP contribution in [0, 0.1) is 0 Å². The van der Waals surface area contributed by atoms with Crippen LogP contribution in [0.15, 0.2) is 22.9 Å². The Bertz CT molecular complexity index is 661. The number of fused-ring (bicyclic) bond motifs is 1. The van der Waals surface area contributed by atoms with E-state index in [4.69, 9.17) is 0 Å². The molecule has 4 rings (SSSR count). The molecule has 1 amide bonds. The normalized spacial score (nSPS) is 19.1. The summed E-state index contributed by atoms with van der Waals surface area (Å²) in [6.45, 7) is 5.00. The van der Waals surface area contributed by atoms with Gasteiger partial charge in [-0.15, -0.1) is 11.3 Å². The monoisotopic (exact) mass is 361 g/mol. The Hall–Kier alpha value is -1.17. The Morgan fingerprint density at radius 1 is 1.17 bits per heavy atom. The minimum atomic E-state index is 0.266. The molecule has 0 unspecified atom stereocenters. The maximum absolute atomic E-state index is 12.9. The molecular weight excluding hydrogens is 336 g/mol. The number of hydrogen-bond acceptors (Lipinski definition) is 3. The number of quaternary nitrogens is 1. The fourth-order valence-electron chi connectivity index (χ4n) is 3.81.